The van der Waals surface area contributed by atoms with Gasteiger partial charge in [0.05, 0.1) is 0 Å². The monoisotopic (exact) mass is 240 g/mol. The third-order valence-electron chi connectivity index (χ3n) is 2.93. The van der Waals surface area contributed by atoms with Gasteiger partial charge >= 0.3 is 0 Å². The van der Waals surface area contributed by atoms with Crippen LogP contribution in [0.2, 0.25) is 0 Å². The molecule has 0 amide bonds. The number of pyridine rings is 1. The van der Waals surface area contributed by atoms with E-state index in [4.69, 9.17) is 0 Å². The fourth-order valence-corrected chi connectivity index (χ4v) is 1.99. The molecule has 2 rings (SSSR count). The van der Waals surface area contributed by atoms with Crippen LogP contribution in [-0.2, 0) is 0 Å². The van der Waals surface area contributed by atoms with Gasteiger partial charge in [-0.1, -0.05) is 37.3 Å². The van der Waals surface area contributed by atoms with Crippen molar-refractivity contribution in [3.05, 3.63) is 48.3 Å². The Morgan fingerprint density at radius 2 is 2.17 bits per heavy atom. The first-order chi connectivity index (χ1) is 8.92. The summed E-state index contributed by atoms with van der Waals surface area (Å²) >= 11 is 0. The minimum absolute atomic E-state index is 1.05. The SMILES string of the molecule is CCCNCCC=Cc1cccc2cnccc12. The molecule has 0 atom stereocenters. The van der Waals surface area contributed by atoms with Crippen LogP contribution in [0.5, 0.6) is 0 Å². The van der Waals surface area contributed by atoms with Crippen LogP contribution in [0.25, 0.3) is 16.8 Å². The molecule has 18 heavy (non-hydrogen) atoms. The number of hydrogen-bond donors (Lipinski definition) is 1. The third kappa shape index (κ3) is 3.41. The van der Waals surface area contributed by atoms with Crippen LogP contribution >= 0.6 is 0 Å². The van der Waals surface area contributed by atoms with Gasteiger partial charge < -0.3 is 5.32 Å². The highest BCUT2D eigenvalue weighted by Gasteiger charge is 1.96. The highest BCUT2D eigenvalue weighted by molar-refractivity contribution is 5.89. The highest BCUT2D eigenvalue weighted by atomic mass is 14.8. The van der Waals surface area contributed by atoms with Crippen molar-refractivity contribution in [2.24, 2.45) is 0 Å². The summed E-state index contributed by atoms with van der Waals surface area (Å²) in [6.45, 7) is 4.34. The molecule has 1 aromatic heterocycles. The number of fused-ring (bicyclic) bond motifs is 1. The van der Waals surface area contributed by atoms with Gasteiger partial charge in [-0.25, -0.2) is 0 Å². The van der Waals surface area contributed by atoms with Gasteiger partial charge in [-0.3, -0.25) is 4.98 Å². The third-order valence-corrected chi connectivity index (χ3v) is 2.93. The van der Waals surface area contributed by atoms with Crippen molar-refractivity contribution in [3.8, 4) is 0 Å². The van der Waals surface area contributed by atoms with E-state index >= 15 is 0 Å². The van der Waals surface area contributed by atoms with E-state index in [-0.39, 0.29) is 0 Å². The van der Waals surface area contributed by atoms with Gasteiger partial charge in [0, 0.05) is 17.8 Å². The second-order valence-electron chi connectivity index (χ2n) is 4.39. The lowest BCUT2D eigenvalue weighted by molar-refractivity contribution is 0.679. The topological polar surface area (TPSA) is 24.9 Å². The van der Waals surface area contributed by atoms with E-state index < -0.39 is 0 Å². The lowest BCUT2D eigenvalue weighted by Crippen LogP contribution is -2.14. The summed E-state index contributed by atoms with van der Waals surface area (Å²) in [5.74, 6) is 0. The summed E-state index contributed by atoms with van der Waals surface area (Å²) in [5.41, 5.74) is 1.27. The van der Waals surface area contributed by atoms with Gasteiger partial charge in [-0.15, -0.1) is 0 Å². The average molecular weight is 240 g/mol. The maximum atomic E-state index is 4.15. The van der Waals surface area contributed by atoms with Crippen molar-refractivity contribution in [2.75, 3.05) is 13.1 Å². The van der Waals surface area contributed by atoms with E-state index in [1.54, 1.807) is 0 Å². The molecule has 0 spiro atoms. The Hall–Kier alpha value is -1.67. The van der Waals surface area contributed by atoms with Crippen LogP contribution in [0, 0.1) is 0 Å². The number of aromatic nitrogens is 1. The van der Waals surface area contributed by atoms with Gasteiger partial charge in [0.1, 0.15) is 0 Å². The van der Waals surface area contributed by atoms with E-state index in [0.29, 0.717) is 0 Å². The van der Waals surface area contributed by atoms with Crippen molar-refractivity contribution in [3.63, 3.8) is 0 Å². The summed E-state index contributed by atoms with van der Waals surface area (Å²) < 4.78 is 0. The van der Waals surface area contributed by atoms with Gasteiger partial charge in [0.15, 0.2) is 0 Å². The van der Waals surface area contributed by atoms with E-state index in [1.165, 1.54) is 22.8 Å². The van der Waals surface area contributed by atoms with Gasteiger partial charge in [-0.05, 0) is 42.9 Å². The predicted octanol–water partition coefficient (Wildman–Crippen LogP) is 3.64. The molecule has 0 radical (unpaired) electrons. The van der Waals surface area contributed by atoms with Crippen LogP contribution in [0.3, 0.4) is 0 Å². The number of rotatable bonds is 6. The molecule has 0 aliphatic carbocycles. The van der Waals surface area contributed by atoms with Gasteiger partial charge in [0.2, 0.25) is 0 Å². The fraction of sp³-hybridized carbons (Fsp3) is 0.312. The molecule has 0 aliphatic rings. The maximum Gasteiger partial charge on any atom is 0.0346 e. The van der Waals surface area contributed by atoms with Crippen molar-refractivity contribution in [2.45, 2.75) is 19.8 Å². The number of benzene rings is 1. The van der Waals surface area contributed by atoms with Crippen molar-refractivity contribution < 1.29 is 0 Å². The van der Waals surface area contributed by atoms with E-state index in [0.717, 1.165) is 19.5 Å². The van der Waals surface area contributed by atoms with Crippen LogP contribution in [0.15, 0.2) is 42.7 Å². The summed E-state index contributed by atoms with van der Waals surface area (Å²) in [6.07, 6.45) is 10.5. The maximum absolute atomic E-state index is 4.15. The summed E-state index contributed by atoms with van der Waals surface area (Å²) in [5, 5.41) is 5.86. The molecule has 0 aliphatic heterocycles. The molecule has 0 saturated heterocycles. The summed E-state index contributed by atoms with van der Waals surface area (Å²) in [4.78, 5) is 4.15. The smallest absolute Gasteiger partial charge is 0.0346 e. The zero-order valence-corrected chi connectivity index (χ0v) is 10.9. The molecule has 1 heterocycles. The van der Waals surface area contributed by atoms with Crippen molar-refractivity contribution in [1.82, 2.24) is 10.3 Å². The van der Waals surface area contributed by atoms with Gasteiger partial charge in [-0.2, -0.15) is 0 Å². The van der Waals surface area contributed by atoms with Crippen molar-refractivity contribution in [1.29, 1.82) is 0 Å². The van der Waals surface area contributed by atoms with E-state index in [9.17, 15) is 0 Å². The Balaban J connectivity index is 2.01. The quantitative estimate of drug-likeness (QED) is 0.780. The Kier molecular flexibility index (Phi) is 4.91. The molecule has 94 valence electrons. The first-order valence-electron chi connectivity index (χ1n) is 6.62. The van der Waals surface area contributed by atoms with Crippen LogP contribution in [0.4, 0.5) is 0 Å². The molecule has 0 saturated carbocycles. The van der Waals surface area contributed by atoms with Crippen molar-refractivity contribution >= 4 is 16.8 Å². The number of hydrogen-bond acceptors (Lipinski definition) is 2. The molecular weight excluding hydrogens is 220 g/mol. The molecule has 0 unspecified atom stereocenters. The molecular formula is C16H20N2. The number of nitrogens with zero attached hydrogens (tertiary/aromatic N) is 1. The molecule has 0 bridgehead atoms. The van der Waals surface area contributed by atoms with Gasteiger partial charge in [0.25, 0.3) is 0 Å². The van der Waals surface area contributed by atoms with E-state index in [1.807, 2.05) is 12.4 Å². The minimum Gasteiger partial charge on any atom is -0.316 e. The largest absolute Gasteiger partial charge is 0.316 e. The zero-order valence-electron chi connectivity index (χ0n) is 10.9. The molecule has 2 aromatic rings. The highest BCUT2D eigenvalue weighted by Crippen LogP contribution is 2.18. The minimum atomic E-state index is 1.05. The standard InChI is InChI=1S/C16H20N2/c1-2-10-17-11-4-3-6-14-7-5-8-15-13-18-12-9-16(14)15/h3,5-9,12-13,17H,2,4,10-11H2,1H3. The Morgan fingerprint density at radius 3 is 3.06 bits per heavy atom. The van der Waals surface area contributed by atoms with Crippen LogP contribution < -0.4 is 5.32 Å². The Labute approximate surface area is 109 Å². The summed E-state index contributed by atoms with van der Waals surface area (Å²) in [6, 6.07) is 8.41. The lowest BCUT2D eigenvalue weighted by Gasteiger charge is -2.01. The number of nitrogens with one attached hydrogen (secondary N) is 1. The fourth-order valence-electron chi connectivity index (χ4n) is 1.99. The Morgan fingerprint density at radius 1 is 1.22 bits per heavy atom. The van der Waals surface area contributed by atoms with E-state index in [2.05, 4.69) is 53.6 Å². The molecule has 1 aromatic carbocycles. The molecule has 2 nitrogen and oxygen atoms in total. The first kappa shape index (κ1) is 12.8. The van der Waals surface area contributed by atoms with Crippen LogP contribution in [-0.4, -0.2) is 18.1 Å². The second-order valence-corrected chi connectivity index (χ2v) is 4.39. The average Bonchev–Trinajstić information content (AvgIpc) is 2.43. The lowest BCUT2D eigenvalue weighted by atomic mass is 10.1. The second kappa shape index (κ2) is 6.92. The first-order valence-corrected chi connectivity index (χ1v) is 6.62. The molecule has 1 N–H and O–H groups in total. The molecule has 0 fully saturated rings. The summed E-state index contributed by atoms with van der Waals surface area (Å²) in [7, 11) is 0. The van der Waals surface area contributed by atoms with Crippen LogP contribution in [0.1, 0.15) is 25.3 Å². The molecule has 2 heteroatoms. The predicted molar refractivity (Wildman–Crippen MR) is 78.6 cm³/mol. The zero-order chi connectivity index (χ0) is 12.6. The normalized spacial score (nSPS) is 11.4. The Bertz CT molecular complexity index is 512.